The largest absolute Gasteiger partial charge is 0.482 e. The Kier molecular flexibility index (Phi) is 5.46. The van der Waals surface area contributed by atoms with E-state index in [-0.39, 0.29) is 6.10 Å². The Morgan fingerprint density at radius 1 is 0.680 bits per heavy atom. The molecule has 0 N–H and O–H groups in total. The number of nitrogens with zero attached hydrogens (tertiary/aromatic N) is 1. The van der Waals surface area contributed by atoms with Crippen LogP contribution in [0.1, 0.15) is 13.8 Å². The average molecular weight is 346 g/mol. The van der Waals surface area contributed by atoms with Crippen LogP contribution in [0.25, 0.3) is 0 Å². The number of hydrogen-bond acceptors (Lipinski definition) is 2. The highest BCUT2D eigenvalue weighted by molar-refractivity contribution is 7.10. The zero-order valence-corrected chi connectivity index (χ0v) is 15.7. The van der Waals surface area contributed by atoms with E-state index >= 15 is 0 Å². The van der Waals surface area contributed by atoms with E-state index in [1.165, 1.54) is 15.6 Å². The molecule has 0 spiro atoms. The molecule has 0 aromatic heterocycles. The topological polar surface area (TPSA) is 21.6 Å². The molecule has 0 atom stereocenters. The van der Waals surface area contributed by atoms with Crippen molar-refractivity contribution in [1.82, 2.24) is 0 Å². The Balaban J connectivity index is 2.26. The van der Waals surface area contributed by atoms with E-state index in [4.69, 9.17) is 9.39 Å². The van der Waals surface area contributed by atoms with Gasteiger partial charge in [0.05, 0.1) is 6.10 Å². The van der Waals surface area contributed by atoms with Gasteiger partial charge in [-0.3, -0.25) is 4.66 Å². The summed E-state index contributed by atoms with van der Waals surface area (Å²) in [6.45, 7) is 4.03. The third kappa shape index (κ3) is 3.72. The summed E-state index contributed by atoms with van der Waals surface area (Å²) in [5.74, 6) is 0. The fourth-order valence-electron chi connectivity index (χ4n) is 2.99. The molecule has 0 radical (unpaired) electrons. The molecule has 0 aliphatic carbocycles. The molecule has 2 nitrogen and oxygen atoms in total. The van der Waals surface area contributed by atoms with Gasteiger partial charge in [-0.15, -0.1) is 0 Å². The van der Waals surface area contributed by atoms with Crippen LogP contribution in [-0.2, 0) is 4.74 Å². The van der Waals surface area contributed by atoms with Gasteiger partial charge in [0.15, 0.2) is 6.40 Å². The minimum Gasteiger partial charge on any atom is -0.482 e. The molecule has 0 bridgehead atoms. The molecule has 0 saturated heterocycles. The average Bonchev–Trinajstić information content (AvgIpc) is 2.67. The fraction of sp³-hybridized carbons (Fsp3) is 0.136. The molecule has 25 heavy (non-hydrogen) atoms. The first kappa shape index (κ1) is 17.2. The molecular weight excluding hydrogens is 322 g/mol. The van der Waals surface area contributed by atoms with Crippen molar-refractivity contribution < 1.29 is 4.74 Å². The highest BCUT2D eigenvalue weighted by atomic mass is 28.3. The van der Waals surface area contributed by atoms with Gasteiger partial charge >= 0.3 is 0 Å². The summed E-state index contributed by atoms with van der Waals surface area (Å²) >= 11 is 0. The molecule has 0 amide bonds. The minimum absolute atomic E-state index is 0.109. The van der Waals surface area contributed by atoms with Crippen LogP contribution in [0.5, 0.6) is 0 Å². The molecular formula is C22H23NOSi. The van der Waals surface area contributed by atoms with Crippen molar-refractivity contribution >= 4 is 30.2 Å². The number of hydrogen-bond donors (Lipinski definition) is 0. The molecule has 0 unspecified atom stereocenters. The SMILES string of the molecule is CC(C)O/C=N/[Si](c1ccccc1)(c1ccccc1)c1ccccc1. The van der Waals surface area contributed by atoms with Crippen molar-refractivity contribution in [2.75, 3.05) is 0 Å². The monoisotopic (exact) mass is 345 g/mol. The van der Waals surface area contributed by atoms with Crippen molar-refractivity contribution in [2.24, 2.45) is 4.66 Å². The number of rotatable bonds is 6. The lowest BCUT2D eigenvalue weighted by molar-refractivity contribution is 0.242. The molecule has 126 valence electrons. The van der Waals surface area contributed by atoms with Crippen molar-refractivity contribution in [3.8, 4) is 0 Å². The molecule has 0 saturated carbocycles. The molecule has 0 aliphatic heterocycles. The van der Waals surface area contributed by atoms with E-state index in [9.17, 15) is 0 Å². The summed E-state index contributed by atoms with van der Waals surface area (Å²) in [4.78, 5) is 0. The summed E-state index contributed by atoms with van der Waals surface area (Å²) in [6.07, 6.45) is 1.77. The van der Waals surface area contributed by atoms with Gasteiger partial charge in [0.1, 0.15) is 0 Å². The van der Waals surface area contributed by atoms with Crippen LogP contribution >= 0.6 is 0 Å². The predicted molar refractivity (Wildman–Crippen MR) is 109 cm³/mol. The Bertz CT molecular complexity index is 705. The number of ether oxygens (including phenoxy) is 1. The maximum Gasteiger partial charge on any atom is 0.277 e. The van der Waals surface area contributed by atoms with Gasteiger partial charge in [0.2, 0.25) is 0 Å². The summed E-state index contributed by atoms with van der Waals surface area (Å²) in [7, 11) is -2.55. The van der Waals surface area contributed by atoms with Gasteiger partial charge in [-0.05, 0) is 29.4 Å². The second kappa shape index (κ2) is 7.95. The van der Waals surface area contributed by atoms with Crippen molar-refractivity contribution in [3.05, 3.63) is 91.0 Å². The zero-order chi connectivity index (χ0) is 17.5. The summed E-state index contributed by atoms with van der Waals surface area (Å²) < 4.78 is 10.8. The number of benzene rings is 3. The van der Waals surface area contributed by atoms with Crippen LogP contribution in [-0.4, -0.2) is 20.7 Å². The maximum absolute atomic E-state index is 5.70. The van der Waals surface area contributed by atoms with Gasteiger partial charge in [0, 0.05) is 0 Å². The molecule has 0 aliphatic rings. The van der Waals surface area contributed by atoms with Crippen molar-refractivity contribution in [3.63, 3.8) is 0 Å². The van der Waals surface area contributed by atoms with Crippen LogP contribution in [0, 0.1) is 0 Å². The molecule has 3 heteroatoms. The normalized spacial score (nSPS) is 11.8. The smallest absolute Gasteiger partial charge is 0.277 e. The predicted octanol–water partition coefficient (Wildman–Crippen LogP) is 3.11. The second-order valence-electron chi connectivity index (χ2n) is 6.23. The van der Waals surface area contributed by atoms with E-state index in [0.717, 1.165) is 0 Å². The fourth-order valence-corrected chi connectivity index (χ4v) is 6.68. The lowest BCUT2D eigenvalue weighted by atomic mass is 10.3. The minimum atomic E-state index is -2.55. The molecule has 0 heterocycles. The zero-order valence-electron chi connectivity index (χ0n) is 14.7. The third-order valence-corrected chi connectivity index (χ3v) is 8.15. The molecule has 3 aromatic rings. The molecule has 0 fully saturated rings. The van der Waals surface area contributed by atoms with Crippen LogP contribution in [0.3, 0.4) is 0 Å². The highest BCUT2D eigenvalue weighted by Crippen LogP contribution is 2.09. The highest BCUT2D eigenvalue weighted by Gasteiger charge is 2.39. The van der Waals surface area contributed by atoms with Gasteiger partial charge in [-0.2, -0.15) is 0 Å². The first-order chi connectivity index (χ1) is 12.2. The van der Waals surface area contributed by atoms with Gasteiger partial charge in [0.25, 0.3) is 8.24 Å². The third-order valence-electron chi connectivity index (χ3n) is 4.15. The van der Waals surface area contributed by atoms with E-state index in [0.29, 0.717) is 0 Å². The molecule has 3 rings (SSSR count). The van der Waals surface area contributed by atoms with E-state index in [1.807, 2.05) is 32.0 Å². The second-order valence-corrected chi connectivity index (χ2v) is 9.64. The summed E-state index contributed by atoms with van der Waals surface area (Å²) in [5.41, 5.74) is 0. The standard InChI is InChI=1S/C22H23NOSi/c1-19(2)24-18-23-25(20-12-6-3-7-13-20,21-14-8-4-9-15-21)22-16-10-5-11-17-22/h3-19H,1-2H3/b23-18+. The van der Waals surface area contributed by atoms with E-state index in [2.05, 4.69) is 72.8 Å². The first-order valence-electron chi connectivity index (χ1n) is 8.59. The van der Waals surface area contributed by atoms with Gasteiger partial charge < -0.3 is 4.74 Å². The van der Waals surface area contributed by atoms with E-state index in [1.54, 1.807) is 6.40 Å². The Hall–Kier alpha value is -2.65. The summed E-state index contributed by atoms with van der Waals surface area (Å²) in [6, 6.07) is 31.7. The first-order valence-corrected chi connectivity index (χ1v) is 10.5. The lowest BCUT2D eigenvalue weighted by Gasteiger charge is -2.28. The van der Waals surface area contributed by atoms with E-state index < -0.39 is 8.24 Å². The van der Waals surface area contributed by atoms with Crippen molar-refractivity contribution in [2.45, 2.75) is 20.0 Å². The van der Waals surface area contributed by atoms with Crippen molar-refractivity contribution in [1.29, 1.82) is 0 Å². The Morgan fingerprint density at radius 3 is 1.36 bits per heavy atom. The maximum atomic E-state index is 5.70. The Morgan fingerprint density at radius 2 is 1.04 bits per heavy atom. The van der Waals surface area contributed by atoms with Crippen LogP contribution in [0.15, 0.2) is 95.7 Å². The van der Waals surface area contributed by atoms with Crippen LogP contribution in [0.2, 0.25) is 0 Å². The van der Waals surface area contributed by atoms with Gasteiger partial charge in [-0.25, -0.2) is 0 Å². The molecule has 3 aromatic carbocycles. The van der Waals surface area contributed by atoms with Gasteiger partial charge in [-0.1, -0.05) is 91.0 Å². The quantitative estimate of drug-likeness (QED) is 0.291. The lowest BCUT2D eigenvalue weighted by Crippen LogP contribution is -2.66. The van der Waals surface area contributed by atoms with Crippen LogP contribution in [0.4, 0.5) is 0 Å². The Labute approximate surface area is 150 Å². The summed E-state index contributed by atoms with van der Waals surface area (Å²) in [5, 5.41) is 3.74. The van der Waals surface area contributed by atoms with Crippen LogP contribution < -0.4 is 15.6 Å².